The van der Waals surface area contributed by atoms with Crippen molar-refractivity contribution < 1.29 is 0 Å². The van der Waals surface area contributed by atoms with Crippen molar-refractivity contribution in [2.45, 2.75) is 12.3 Å². The van der Waals surface area contributed by atoms with Crippen LogP contribution in [0.2, 0.25) is 5.02 Å². The summed E-state index contributed by atoms with van der Waals surface area (Å²) in [5.41, 5.74) is 2.36. The van der Waals surface area contributed by atoms with Gasteiger partial charge in [-0.2, -0.15) is 0 Å². The summed E-state index contributed by atoms with van der Waals surface area (Å²) in [6, 6.07) is 3.89. The van der Waals surface area contributed by atoms with E-state index in [9.17, 15) is 0 Å². The first-order chi connectivity index (χ1) is 5.15. The molecule has 1 aromatic carbocycles. The van der Waals surface area contributed by atoms with Crippen LogP contribution in [0, 0.1) is 6.92 Å². The van der Waals surface area contributed by atoms with E-state index in [1.807, 2.05) is 19.1 Å². The summed E-state index contributed by atoms with van der Waals surface area (Å²) >= 11 is 12.7. The molecule has 0 saturated heterocycles. The molecule has 11 heavy (non-hydrogen) atoms. The predicted molar refractivity (Wildman–Crippen MR) is 56.5 cm³/mol. The van der Waals surface area contributed by atoms with Crippen molar-refractivity contribution in [2.24, 2.45) is 0 Å². The van der Waals surface area contributed by atoms with Gasteiger partial charge in [0.1, 0.15) is 0 Å². The molecule has 0 radical (unpaired) electrons. The maximum atomic E-state index is 5.86. The van der Waals surface area contributed by atoms with Gasteiger partial charge < -0.3 is 0 Å². The van der Waals surface area contributed by atoms with Gasteiger partial charge in [0.05, 0.1) is 0 Å². The second-order valence-corrected chi connectivity index (χ2v) is 4.12. The van der Waals surface area contributed by atoms with Crippen molar-refractivity contribution in [3.05, 3.63) is 32.8 Å². The van der Waals surface area contributed by atoms with E-state index >= 15 is 0 Å². The molecule has 0 aliphatic heterocycles. The Kier molecular flexibility index (Phi) is 3.41. The summed E-state index contributed by atoms with van der Waals surface area (Å²) in [6.45, 7) is 2.03. The molecule has 0 aliphatic rings. The second kappa shape index (κ2) is 3.92. The van der Waals surface area contributed by atoms with Crippen molar-refractivity contribution in [2.75, 3.05) is 0 Å². The average molecular weight is 298 g/mol. The monoisotopic (exact) mass is 296 g/mol. The van der Waals surface area contributed by atoms with Crippen molar-refractivity contribution in [3.63, 3.8) is 0 Å². The fourth-order valence-corrected chi connectivity index (χ4v) is 2.38. The molecule has 0 heterocycles. The van der Waals surface area contributed by atoms with Crippen molar-refractivity contribution in [1.29, 1.82) is 0 Å². The maximum absolute atomic E-state index is 5.86. The fraction of sp³-hybridized carbons (Fsp3) is 0.250. The molecule has 0 aliphatic carbocycles. The van der Waals surface area contributed by atoms with E-state index in [-0.39, 0.29) is 0 Å². The first kappa shape index (κ1) is 9.56. The minimum absolute atomic E-state index is 0.792. The third-order valence-corrected chi connectivity index (χ3v) is 3.40. The highest BCUT2D eigenvalue weighted by Gasteiger charge is 2.02. The molecule has 0 fully saturated rings. The highest BCUT2D eigenvalue weighted by molar-refractivity contribution is 9.10. The summed E-state index contributed by atoms with van der Waals surface area (Å²) < 4.78 is 1.14. The van der Waals surface area contributed by atoms with E-state index in [0.717, 1.165) is 14.8 Å². The highest BCUT2D eigenvalue weighted by Crippen LogP contribution is 2.27. The molecule has 0 amide bonds. The highest BCUT2D eigenvalue weighted by atomic mass is 79.9. The summed E-state index contributed by atoms with van der Waals surface area (Å²) in [7, 11) is 0. The molecule has 0 atom stereocenters. The van der Waals surface area contributed by atoms with Crippen molar-refractivity contribution >= 4 is 43.5 Å². The number of alkyl halides is 1. The molecule has 0 aromatic heterocycles. The van der Waals surface area contributed by atoms with Gasteiger partial charge in [-0.1, -0.05) is 43.5 Å². The van der Waals surface area contributed by atoms with Crippen LogP contribution < -0.4 is 0 Å². The Bertz CT molecular complexity index is 271. The van der Waals surface area contributed by atoms with Crippen LogP contribution in [0.1, 0.15) is 11.1 Å². The smallest absolute Gasteiger partial charge is 0.0412 e. The predicted octanol–water partition coefficient (Wildman–Crippen LogP) is 4.31. The number of hydrogen-bond acceptors (Lipinski definition) is 0. The van der Waals surface area contributed by atoms with E-state index in [0.29, 0.717) is 0 Å². The standard InChI is InChI=1S/C8H7Br2Cl/c1-5-2-7(11)3-6(4-9)8(5)10/h2-3H,4H2,1H3. The molecule has 60 valence electrons. The zero-order valence-electron chi connectivity index (χ0n) is 6.00. The summed E-state index contributed by atoms with van der Waals surface area (Å²) in [4.78, 5) is 0. The molecule has 0 spiro atoms. The third-order valence-electron chi connectivity index (χ3n) is 1.44. The minimum Gasteiger partial charge on any atom is -0.0876 e. The lowest BCUT2D eigenvalue weighted by Crippen LogP contribution is -1.84. The zero-order valence-corrected chi connectivity index (χ0v) is 9.92. The quantitative estimate of drug-likeness (QED) is 0.678. The van der Waals surface area contributed by atoms with Crippen LogP contribution in [0.15, 0.2) is 16.6 Å². The van der Waals surface area contributed by atoms with E-state index < -0.39 is 0 Å². The Balaban J connectivity index is 3.24. The van der Waals surface area contributed by atoms with Crippen LogP contribution in [0.25, 0.3) is 0 Å². The van der Waals surface area contributed by atoms with E-state index in [1.54, 1.807) is 0 Å². The minimum atomic E-state index is 0.792. The van der Waals surface area contributed by atoms with Gasteiger partial charge in [-0.3, -0.25) is 0 Å². The molecule has 0 N–H and O–H groups in total. The Labute approximate surface area is 88.2 Å². The topological polar surface area (TPSA) is 0 Å². The van der Waals surface area contributed by atoms with Crippen LogP contribution in [-0.4, -0.2) is 0 Å². The van der Waals surface area contributed by atoms with Crippen LogP contribution in [0.5, 0.6) is 0 Å². The Morgan fingerprint density at radius 1 is 1.45 bits per heavy atom. The molecule has 0 bridgehead atoms. The number of aryl methyl sites for hydroxylation is 1. The lowest BCUT2D eigenvalue weighted by atomic mass is 10.2. The number of benzene rings is 1. The third kappa shape index (κ3) is 2.20. The van der Waals surface area contributed by atoms with Crippen molar-refractivity contribution in [1.82, 2.24) is 0 Å². The van der Waals surface area contributed by atoms with Crippen LogP contribution in [-0.2, 0) is 5.33 Å². The second-order valence-electron chi connectivity index (χ2n) is 2.33. The van der Waals surface area contributed by atoms with Gasteiger partial charge in [-0.15, -0.1) is 0 Å². The van der Waals surface area contributed by atoms with E-state index in [2.05, 4.69) is 31.9 Å². The van der Waals surface area contributed by atoms with Gasteiger partial charge in [0.2, 0.25) is 0 Å². The number of rotatable bonds is 1. The summed E-state index contributed by atoms with van der Waals surface area (Å²) in [6.07, 6.45) is 0. The van der Waals surface area contributed by atoms with Gasteiger partial charge >= 0.3 is 0 Å². The van der Waals surface area contributed by atoms with Gasteiger partial charge in [0.15, 0.2) is 0 Å². The van der Waals surface area contributed by atoms with Crippen LogP contribution >= 0.6 is 43.5 Å². The fourth-order valence-electron chi connectivity index (χ4n) is 0.892. The molecular weight excluding hydrogens is 291 g/mol. The summed E-state index contributed by atoms with van der Waals surface area (Å²) in [5, 5.41) is 1.62. The van der Waals surface area contributed by atoms with Gasteiger partial charge in [-0.25, -0.2) is 0 Å². The Morgan fingerprint density at radius 2 is 2.09 bits per heavy atom. The summed E-state index contributed by atoms with van der Waals surface area (Å²) in [5.74, 6) is 0. The molecular formula is C8H7Br2Cl. The first-order valence-electron chi connectivity index (χ1n) is 3.15. The van der Waals surface area contributed by atoms with E-state index in [1.165, 1.54) is 11.1 Å². The first-order valence-corrected chi connectivity index (χ1v) is 5.45. The zero-order chi connectivity index (χ0) is 8.43. The number of halogens is 3. The molecule has 0 unspecified atom stereocenters. The maximum Gasteiger partial charge on any atom is 0.0412 e. The lowest BCUT2D eigenvalue weighted by Gasteiger charge is -2.04. The van der Waals surface area contributed by atoms with Crippen LogP contribution in [0.4, 0.5) is 0 Å². The van der Waals surface area contributed by atoms with Gasteiger partial charge in [-0.05, 0) is 30.2 Å². The molecule has 3 heteroatoms. The van der Waals surface area contributed by atoms with Crippen LogP contribution in [0.3, 0.4) is 0 Å². The lowest BCUT2D eigenvalue weighted by molar-refractivity contribution is 1.32. The average Bonchev–Trinajstić information content (AvgIpc) is 1.96. The number of hydrogen-bond donors (Lipinski definition) is 0. The molecule has 1 aromatic rings. The molecule has 0 saturated carbocycles. The largest absolute Gasteiger partial charge is 0.0876 e. The Morgan fingerprint density at radius 3 is 2.64 bits per heavy atom. The van der Waals surface area contributed by atoms with E-state index in [4.69, 9.17) is 11.6 Å². The molecule has 1 rings (SSSR count). The van der Waals surface area contributed by atoms with Gasteiger partial charge in [0, 0.05) is 14.8 Å². The molecule has 0 nitrogen and oxygen atoms in total. The van der Waals surface area contributed by atoms with Gasteiger partial charge in [0.25, 0.3) is 0 Å². The Hall–Kier alpha value is 0.470. The van der Waals surface area contributed by atoms with Crippen molar-refractivity contribution in [3.8, 4) is 0 Å². The SMILES string of the molecule is Cc1cc(Cl)cc(CBr)c1Br. The normalized spacial score (nSPS) is 10.2.